The molecule has 54 heavy (non-hydrogen) atoms. The number of phosphoric ester groups is 1. The number of carbonyl (C=O) groups is 2. The molecule has 2 unspecified atom stereocenters. The van der Waals surface area contributed by atoms with Crippen LogP contribution < -0.4 is 0 Å². The summed E-state index contributed by atoms with van der Waals surface area (Å²) in [6.07, 6.45) is 39.4. The SMILES string of the molecule is CC/C=C/CCCCCCCCCCCCCC(=O)OCC(COP(=O)(O)OCC[N+](C)(C)C)OC(=O)CCCCCCCCCCCCC/C=C/CC. The summed E-state index contributed by atoms with van der Waals surface area (Å²) in [6.45, 7) is 4.27. The number of allylic oxidation sites excluding steroid dienone is 4. The first-order chi connectivity index (χ1) is 26.0. The van der Waals surface area contributed by atoms with Crippen molar-refractivity contribution < 1.29 is 42.1 Å². The van der Waals surface area contributed by atoms with Gasteiger partial charge in [-0.15, -0.1) is 0 Å². The molecule has 0 amide bonds. The van der Waals surface area contributed by atoms with Crippen molar-refractivity contribution in [3.05, 3.63) is 24.3 Å². The Kier molecular flexibility index (Phi) is 36.1. The van der Waals surface area contributed by atoms with Gasteiger partial charge in [-0.25, -0.2) is 4.57 Å². The number of quaternary nitrogens is 1. The molecule has 0 aromatic rings. The molecule has 0 aromatic heterocycles. The molecule has 0 aliphatic rings. The molecule has 318 valence electrons. The number of hydrogen-bond acceptors (Lipinski definition) is 7. The number of unbranched alkanes of at least 4 members (excludes halogenated alkanes) is 22. The van der Waals surface area contributed by atoms with E-state index in [1.165, 1.54) is 116 Å². The smallest absolute Gasteiger partial charge is 0.462 e. The Bertz CT molecular complexity index is 980. The Labute approximate surface area is 332 Å². The summed E-state index contributed by atoms with van der Waals surface area (Å²) in [5, 5.41) is 0. The van der Waals surface area contributed by atoms with Crippen LogP contribution in [0.25, 0.3) is 0 Å². The molecule has 0 aliphatic heterocycles. The fourth-order valence-corrected chi connectivity index (χ4v) is 6.82. The second-order valence-electron chi connectivity index (χ2n) is 16.0. The number of hydrogen-bond donors (Lipinski definition) is 1. The van der Waals surface area contributed by atoms with Gasteiger partial charge in [0.05, 0.1) is 27.7 Å². The number of esters is 2. The molecular weight excluding hydrogens is 701 g/mol. The van der Waals surface area contributed by atoms with Gasteiger partial charge in [0.2, 0.25) is 0 Å². The van der Waals surface area contributed by atoms with Gasteiger partial charge in [-0.05, 0) is 51.4 Å². The summed E-state index contributed by atoms with van der Waals surface area (Å²) in [4.78, 5) is 35.3. The highest BCUT2D eigenvalue weighted by molar-refractivity contribution is 7.47. The quantitative estimate of drug-likeness (QED) is 0.0215. The Morgan fingerprint density at radius 3 is 1.35 bits per heavy atom. The molecule has 0 aliphatic carbocycles. The Morgan fingerprint density at radius 1 is 0.556 bits per heavy atom. The summed E-state index contributed by atoms with van der Waals surface area (Å²) in [5.74, 6) is -0.796. The number of rotatable bonds is 40. The minimum Gasteiger partial charge on any atom is -0.462 e. The molecule has 0 saturated heterocycles. The number of ether oxygens (including phenoxy) is 2. The van der Waals surface area contributed by atoms with Gasteiger partial charge in [0.25, 0.3) is 0 Å². The highest BCUT2D eigenvalue weighted by Crippen LogP contribution is 2.43. The molecule has 0 fully saturated rings. The van der Waals surface area contributed by atoms with Crippen LogP contribution in [0.15, 0.2) is 24.3 Å². The van der Waals surface area contributed by atoms with Gasteiger partial charge in [0.1, 0.15) is 19.8 Å². The van der Waals surface area contributed by atoms with Crippen LogP contribution in [0.3, 0.4) is 0 Å². The molecule has 0 radical (unpaired) electrons. The zero-order chi connectivity index (χ0) is 40.0. The molecule has 0 bridgehead atoms. The van der Waals surface area contributed by atoms with Gasteiger partial charge in [-0.3, -0.25) is 18.6 Å². The summed E-state index contributed by atoms with van der Waals surface area (Å²) >= 11 is 0. The fraction of sp³-hybridized carbons (Fsp3) is 0.864. The predicted octanol–water partition coefficient (Wildman–Crippen LogP) is 12.4. The summed E-state index contributed by atoms with van der Waals surface area (Å²) < 4.78 is 34.3. The van der Waals surface area contributed by atoms with Gasteiger partial charge in [0, 0.05) is 12.8 Å². The molecular formula is C44H85NO8P+. The van der Waals surface area contributed by atoms with Crippen LogP contribution >= 0.6 is 7.82 Å². The molecule has 0 spiro atoms. The average molecular weight is 787 g/mol. The minimum atomic E-state index is -4.37. The third-order valence-corrected chi connectivity index (χ3v) is 10.5. The summed E-state index contributed by atoms with van der Waals surface area (Å²) in [5.41, 5.74) is 0. The number of phosphoric acid groups is 1. The van der Waals surface area contributed by atoms with Crippen LogP contribution in [0.5, 0.6) is 0 Å². The van der Waals surface area contributed by atoms with Crippen molar-refractivity contribution in [3.8, 4) is 0 Å². The van der Waals surface area contributed by atoms with Crippen molar-refractivity contribution in [2.75, 3.05) is 47.5 Å². The first kappa shape index (κ1) is 52.5. The zero-order valence-corrected chi connectivity index (χ0v) is 36.6. The summed E-state index contributed by atoms with van der Waals surface area (Å²) in [6, 6.07) is 0. The topological polar surface area (TPSA) is 108 Å². The van der Waals surface area contributed by atoms with Gasteiger partial charge in [-0.1, -0.05) is 154 Å². The van der Waals surface area contributed by atoms with Crippen molar-refractivity contribution in [2.45, 2.75) is 200 Å². The highest BCUT2D eigenvalue weighted by atomic mass is 31.2. The molecule has 9 nitrogen and oxygen atoms in total. The Hall–Kier alpha value is -1.51. The lowest BCUT2D eigenvalue weighted by Crippen LogP contribution is -2.37. The average Bonchev–Trinajstić information content (AvgIpc) is 3.12. The highest BCUT2D eigenvalue weighted by Gasteiger charge is 2.27. The van der Waals surface area contributed by atoms with E-state index in [1.54, 1.807) is 0 Å². The van der Waals surface area contributed by atoms with Crippen molar-refractivity contribution in [1.82, 2.24) is 0 Å². The minimum absolute atomic E-state index is 0.0331. The predicted molar refractivity (Wildman–Crippen MR) is 224 cm³/mol. The van der Waals surface area contributed by atoms with Gasteiger partial charge < -0.3 is 18.9 Å². The first-order valence-corrected chi connectivity index (χ1v) is 23.6. The number of nitrogens with zero attached hydrogens (tertiary/aromatic N) is 1. The van der Waals surface area contributed by atoms with Crippen molar-refractivity contribution in [3.63, 3.8) is 0 Å². The third-order valence-electron chi connectivity index (χ3n) is 9.48. The van der Waals surface area contributed by atoms with E-state index in [2.05, 4.69) is 38.2 Å². The van der Waals surface area contributed by atoms with Crippen LogP contribution in [-0.2, 0) is 32.7 Å². The largest absolute Gasteiger partial charge is 0.472 e. The molecule has 1 N–H and O–H groups in total. The summed E-state index contributed by atoms with van der Waals surface area (Å²) in [7, 11) is 1.48. The zero-order valence-electron chi connectivity index (χ0n) is 35.7. The van der Waals surface area contributed by atoms with E-state index in [4.69, 9.17) is 18.5 Å². The van der Waals surface area contributed by atoms with E-state index in [0.29, 0.717) is 23.9 Å². The maximum Gasteiger partial charge on any atom is 0.472 e. The lowest BCUT2D eigenvalue weighted by atomic mass is 10.0. The Morgan fingerprint density at radius 2 is 0.944 bits per heavy atom. The number of likely N-dealkylation sites (N-methyl/N-ethyl adjacent to an activating group) is 1. The lowest BCUT2D eigenvalue weighted by Gasteiger charge is -2.24. The van der Waals surface area contributed by atoms with Crippen molar-refractivity contribution in [2.24, 2.45) is 0 Å². The van der Waals surface area contributed by atoms with Gasteiger partial charge in [-0.2, -0.15) is 0 Å². The fourth-order valence-electron chi connectivity index (χ4n) is 6.08. The van der Waals surface area contributed by atoms with E-state index in [-0.39, 0.29) is 25.6 Å². The monoisotopic (exact) mass is 787 g/mol. The molecule has 0 rings (SSSR count). The Balaban J connectivity index is 4.32. The molecule has 10 heteroatoms. The molecule has 0 aromatic carbocycles. The normalized spacial score (nSPS) is 13.8. The van der Waals surface area contributed by atoms with Gasteiger partial charge >= 0.3 is 19.8 Å². The van der Waals surface area contributed by atoms with Gasteiger partial charge in [0.15, 0.2) is 6.10 Å². The second-order valence-corrected chi connectivity index (χ2v) is 17.5. The van der Waals surface area contributed by atoms with Crippen LogP contribution in [0.1, 0.15) is 194 Å². The van der Waals surface area contributed by atoms with Crippen molar-refractivity contribution >= 4 is 19.8 Å². The molecule has 0 heterocycles. The first-order valence-electron chi connectivity index (χ1n) is 22.1. The third kappa shape index (κ3) is 40.2. The van der Waals surface area contributed by atoms with Crippen LogP contribution in [0.4, 0.5) is 0 Å². The van der Waals surface area contributed by atoms with Crippen LogP contribution in [0.2, 0.25) is 0 Å². The standard InChI is InChI=1S/C44H84NO8P/c1-6-8-10-12-14-16-18-20-22-24-26-28-30-32-34-36-43(46)50-40-42(41-52-54(48,49)51-39-38-45(3,4)5)53-44(47)37-35-33-31-29-27-25-23-21-19-17-15-13-11-9-7-2/h8-11,42H,6-7,12-41H2,1-5H3/p+1/b10-8+,11-9+. The van der Waals surface area contributed by atoms with Crippen LogP contribution in [-0.4, -0.2) is 74.9 Å². The number of carbonyl (C=O) groups excluding carboxylic acids is 2. The maximum atomic E-state index is 12.7. The molecule has 0 saturated carbocycles. The maximum absolute atomic E-state index is 12.7. The van der Waals surface area contributed by atoms with Crippen LogP contribution in [0, 0.1) is 0 Å². The van der Waals surface area contributed by atoms with E-state index >= 15 is 0 Å². The van der Waals surface area contributed by atoms with E-state index in [0.717, 1.165) is 44.9 Å². The second kappa shape index (κ2) is 37.1. The van der Waals surface area contributed by atoms with Crippen molar-refractivity contribution in [1.29, 1.82) is 0 Å². The molecule has 2 atom stereocenters. The van der Waals surface area contributed by atoms with E-state index < -0.39 is 26.5 Å². The van der Waals surface area contributed by atoms with E-state index in [9.17, 15) is 19.0 Å². The lowest BCUT2D eigenvalue weighted by molar-refractivity contribution is -0.870. The van der Waals surface area contributed by atoms with E-state index in [1.807, 2.05) is 21.1 Å².